The highest BCUT2D eigenvalue weighted by molar-refractivity contribution is 5.98. The highest BCUT2D eigenvalue weighted by atomic mass is 16.5. The SMILES string of the molecule is COc1nc2c(cc1CN[C@@H](C)CCO)C(=O)N(C1CCCC1)C2. The molecule has 1 aromatic rings. The molecule has 6 nitrogen and oxygen atoms in total. The van der Waals surface area contributed by atoms with Crippen LogP contribution >= 0.6 is 0 Å². The quantitative estimate of drug-likeness (QED) is 0.796. The van der Waals surface area contributed by atoms with Gasteiger partial charge in [0.2, 0.25) is 5.88 Å². The molecule has 0 spiro atoms. The minimum Gasteiger partial charge on any atom is -0.481 e. The molecule has 1 atom stereocenters. The number of carbonyl (C=O) groups excluding carboxylic acids is 1. The van der Waals surface area contributed by atoms with E-state index in [9.17, 15) is 4.79 Å². The molecular formula is C18H27N3O3. The second kappa shape index (κ2) is 7.49. The lowest BCUT2D eigenvalue weighted by molar-refractivity contribution is 0.0706. The lowest BCUT2D eigenvalue weighted by Gasteiger charge is -2.22. The average molecular weight is 333 g/mol. The van der Waals surface area contributed by atoms with E-state index in [0.29, 0.717) is 37.0 Å². The summed E-state index contributed by atoms with van der Waals surface area (Å²) in [6.07, 6.45) is 5.31. The molecule has 1 aromatic heterocycles. The number of fused-ring (bicyclic) bond motifs is 1. The van der Waals surface area contributed by atoms with E-state index in [4.69, 9.17) is 9.84 Å². The van der Waals surface area contributed by atoms with E-state index in [2.05, 4.69) is 10.3 Å². The molecule has 6 heteroatoms. The van der Waals surface area contributed by atoms with E-state index in [1.165, 1.54) is 12.8 Å². The van der Waals surface area contributed by atoms with Crippen LogP contribution in [0.25, 0.3) is 0 Å². The van der Waals surface area contributed by atoms with Gasteiger partial charge in [0.1, 0.15) is 0 Å². The van der Waals surface area contributed by atoms with Gasteiger partial charge in [-0.25, -0.2) is 4.98 Å². The Kier molecular flexibility index (Phi) is 5.36. The molecule has 24 heavy (non-hydrogen) atoms. The van der Waals surface area contributed by atoms with E-state index in [1.54, 1.807) is 7.11 Å². The maximum Gasteiger partial charge on any atom is 0.256 e. The Morgan fingerprint density at radius 2 is 2.21 bits per heavy atom. The van der Waals surface area contributed by atoms with Gasteiger partial charge in [-0.1, -0.05) is 12.8 Å². The molecule has 0 bridgehead atoms. The Morgan fingerprint density at radius 1 is 1.46 bits per heavy atom. The third-order valence-corrected chi connectivity index (χ3v) is 5.11. The predicted octanol–water partition coefficient (Wildman–Crippen LogP) is 1.85. The average Bonchev–Trinajstić information content (AvgIpc) is 3.20. The topological polar surface area (TPSA) is 74.7 Å². The minimum absolute atomic E-state index is 0.108. The predicted molar refractivity (Wildman–Crippen MR) is 90.9 cm³/mol. The zero-order valence-electron chi connectivity index (χ0n) is 14.5. The Bertz CT molecular complexity index is 599. The van der Waals surface area contributed by atoms with Gasteiger partial charge < -0.3 is 20.1 Å². The second-order valence-electron chi connectivity index (χ2n) is 6.82. The van der Waals surface area contributed by atoms with Crippen LogP contribution in [0.3, 0.4) is 0 Å². The summed E-state index contributed by atoms with van der Waals surface area (Å²) >= 11 is 0. The van der Waals surface area contributed by atoms with Gasteiger partial charge in [-0.15, -0.1) is 0 Å². The number of aliphatic hydroxyl groups is 1. The molecule has 0 aromatic carbocycles. The van der Waals surface area contributed by atoms with Crippen LogP contribution in [0.2, 0.25) is 0 Å². The van der Waals surface area contributed by atoms with Crippen molar-refractivity contribution in [2.45, 2.75) is 64.2 Å². The number of carbonyl (C=O) groups is 1. The molecule has 1 aliphatic heterocycles. The standard InChI is InChI=1S/C18H27N3O3/c1-12(7-8-22)19-10-13-9-15-16(20-17(13)24-2)11-21(18(15)23)14-5-3-4-6-14/h9,12,14,19,22H,3-8,10-11H2,1-2H3/t12-/m0/s1. The summed E-state index contributed by atoms with van der Waals surface area (Å²) in [4.78, 5) is 19.3. The van der Waals surface area contributed by atoms with Crippen LogP contribution in [0, 0.1) is 0 Å². The molecule has 1 fully saturated rings. The summed E-state index contributed by atoms with van der Waals surface area (Å²) in [5.41, 5.74) is 2.44. The first-order valence-electron chi connectivity index (χ1n) is 8.86. The van der Waals surface area contributed by atoms with Crippen LogP contribution in [-0.2, 0) is 13.1 Å². The molecule has 132 valence electrons. The van der Waals surface area contributed by atoms with E-state index in [1.807, 2.05) is 17.9 Å². The molecule has 1 saturated carbocycles. The van der Waals surface area contributed by atoms with Crippen molar-refractivity contribution in [1.29, 1.82) is 0 Å². The largest absolute Gasteiger partial charge is 0.481 e. The third kappa shape index (κ3) is 3.39. The van der Waals surface area contributed by atoms with Crippen LogP contribution in [0.1, 0.15) is 60.6 Å². The number of nitrogens with one attached hydrogen (secondary N) is 1. The van der Waals surface area contributed by atoms with Gasteiger partial charge in [-0.05, 0) is 32.3 Å². The highest BCUT2D eigenvalue weighted by Gasteiger charge is 2.35. The molecule has 1 amide bonds. The van der Waals surface area contributed by atoms with Crippen LogP contribution in [0.4, 0.5) is 0 Å². The summed E-state index contributed by atoms with van der Waals surface area (Å²) in [5.74, 6) is 0.690. The zero-order chi connectivity index (χ0) is 17.1. The van der Waals surface area contributed by atoms with Crippen molar-refractivity contribution >= 4 is 5.91 Å². The van der Waals surface area contributed by atoms with E-state index < -0.39 is 0 Å². The summed E-state index contributed by atoms with van der Waals surface area (Å²) in [7, 11) is 1.61. The highest BCUT2D eigenvalue weighted by Crippen LogP contribution is 2.33. The van der Waals surface area contributed by atoms with Crippen molar-refractivity contribution in [3.05, 3.63) is 22.9 Å². The van der Waals surface area contributed by atoms with Gasteiger partial charge in [0, 0.05) is 30.8 Å². The monoisotopic (exact) mass is 333 g/mol. The van der Waals surface area contributed by atoms with Crippen molar-refractivity contribution in [2.24, 2.45) is 0 Å². The maximum atomic E-state index is 12.8. The Labute approximate surface area is 143 Å². The van der Waals surface area contributed by atoms with Gasteiger partial charge in [0.05, 0.1) is 24.9 Å². The number of hydrogen-bond acceptors (Lipinski definition) is 5. The number of rotatable bonds is 7. The van der Waals surface area contributed by atoms with Crippen LogP contribution in [-0.4, -0.2) is 46.7 Å². The van der Waals surface area contributed by atoms with Crippen molar-refractivity contribution in [2.75, 3.05) is 13.7 Å². The van der Waals surface area contributed by atoms with Crippen molar-refractivity contribution < 1.29 is 14.6 Å². The number of methoxy groups -OCH3 is 1. The first-order valence-corrected chi connectivity index (χ1v) is 8.86. The lowest BCUT2D eigenvalue weighted by Crippen LogP contribution is -2.33. The van der Waals surface area contributed by atoms with Crippen LogP contribution in [0.15, 0.2) is 6.07 Å². The number of ether oxygens (including phenoxy) is 1. The molecule has 3 rings (SSSR count). The van der Waals surface area contributed by atoms with Crippen LogP contribution in [0.5, 0.6) is 5.88 Å². The summed E-state index contributed by atoms with van der Waals surface area (Å²) in [5, 5.41) is 12.3. The second-order valence-corrected chi connectivity index (χ2v) is 6.82. The number of pyridine rings is 1. The van der Waals surface area contributed by atoms with Gasteiger partial charge in [-0.2, -0.15) is 0 Å². The minimum atomic E-state index is 0.108. The Hall–Kier alpha value is -1.66. The van der Waals surface area contributed by atoms with Gasteiger partial charge in [0.25, 0.3) is 5.91 Å². The number of aromatic nitrogens is 1. The zero-order valence-corrected chi connectivity index (χ0v) is 14.5. The molecule has 2 aliphatic rings. The summed E-state index contributed by atoms with van der Waals surface area (Å²) in [6, 6.07) is 2.49. The number of hydrogen-bond donors (Lipinski definition) is 2. The summed E-state index contributed by atoms with van der Waals surface area (Å²) < 4.78 is 5.43. The molecule has 2 N–H and O–H groups in total. The van der Waals surface area contributed by atoms with Gasteiger partial charge >= 0.3 is 0 Å². The normalized spacial score (nSPS) is 19.0. The summed E-state index contributed by atoms with van der Waals surface area (Å²) in [6.45, 7) is 3.35. The fourth-order valence-corrected chi connectivity index (χ4v) is 3.66. The molecule has 0 saturated heterocycles. The number of aliphatic hydroxyl groups excluding tert-OH is 1. The van der Waals surface area contributed by atoms with E-state index >= 15 is 0 Å². The van der Waals surface area contributed by atoms with Crippen molar-refractivity contribution in [3.8, 4) is 5.88 Å². The first kappa shape index (κ1) is 17.2. The van der Waals surface area contributed by atoms with Gasteiger partial charge in [0.15, 0.2) is 0 Å². The van der Waals surface area contributed by atoms with E-state index in [0.717, 1.165) is 24.1 Å². The third-order valence-electron chi connectivity index (χ3n) is 5.11. The number of nitrogens with zero attached hydrogens (tertiary/aromatic N) is 2. The fraction of sp³-hybridized carbons (Fsp3) is 0.667. The molecule has 0 unspecified atom stereocenters. The molecule has 0 radical (unpaired) electrons. The molecule has 1 aliphatic carbocycles. The fourth-order valence-electron chi connectivity index (χ4n) is 3.66. The van der Waals surface area contributed by atoms with Crippen molar-refractivity contribution in [3.63, 3.8) is 0 Å². The maximum absolute atomic E-state index is 12.8. The van der Waals surface area contributed by atoms with Gasteiger partial charge in [-0.3, -0.25) is 4.79 Å². The lowest BCUT2D eigenvalue weighted by atomic mass is 10.1. The smallest absolute Gasteiger partial charge is 0.256 e. The van der Waals surface area contributed by atoms with Crippen molar-refractivity contribution in [1.82, 2.24) is 15.2 Å². The Balaban J connectivity index is 1.77. The molecule has 2 heterocycles. The van der Waals surface area contributed by atoms with E-state index in [-0.39, 0.29) is 18.6 Å². The Morgan fingerprint density at radius 3 is 2.88 bits per heavy atom. The first-order chi connectivity index (χ1) is 11.6. The van der Waals surface area contributed by atoms with Crippen LogP contribution < -0.4 is 10.1 Å². The molecular weight excluding hydrogens is 306 g/mol. The number of amides is 1.